The number of phenols is 2. The van der Waals surface area contributed by atoms with Crippen molar-refractivity contribution in [2.75, 3.05) is 21.2 Å². The van der Waals surface area contributed by atoms with Crippen LogP contribution < -0.4 is 0 Å². The minimum atomic E-state index is -1.80. The normalized spacial score (nSPS) is 36.0. The zero-order chi connectivity index (χ0) is 42.8. The minimum absolute atomic E-state index is 0.00536. The minimum Gasteiger partial charge on any atom is -0.507 e. The molecule has 0 spiro atoms. The van der Waals surface area contributed by atoms with Gasteiger partial charge in [0.25, 0.3) is 0 Å². The van der Waals surface area contributed by atoms with Crippen molar-refractivity contribution in [2.45, 2.75) is 146 Å². The smallest absolute Gasteiger partial charge is 0.316 e. The Labute approximate surface area is 342 Å². The topological polar surface area (TPSA) is 217 Å². The molecule has 0 bridgehead atoms. The van der Waals surface area contributed by atoms with Crippen LogP contribution in [0.4, 0.5) is 0 Å². The summed E-state index contributed by atoms with van der Waals surface area (Å²) in [6, 6.07) is 5.11. The van der Waals surface area contributed by atoms with Crippen molar-refractivity contribution in [3.05, 3.63) is 57.6 Å². The molecule has 0 saturated carbocycles. The van der Waals surface area contributed by atoms with E-state index >= 15 is 0 Å². The van der Waals surface area contributed by atoms with Crippen LogP contribution >= 0.6 is 0 Å². The Morgan fingerprint density at radius 3 is 2.17 bits per heavy atom. The van der Waals surface area contributed by atoms with Crippen molar-refractivity contribution < 1.29 is 72.8 Å². The van der Waals surface area contributed by atoms with E-state index in [1.54, 1.807) is 27.7 Å². The van der Waals surface area contributed by atoms with Crippen molar-refractivity contribution in [3.63, 3.8) is 0 Å². The zero-order valence-electron chi connectivity index (χ0n) is 34.6. The number of rotatable bonds is 9. The molecular formula is C43H55NO15. The number of carbonyl (C=O) groups excluding carboxylic acids is 4. The molecular weight excluding hydrogens is 770 g/mol. The lowest BCUT2D eigenvalue weighted by Gasteiger charge is -2.49. The van der Waals surface area contributed by atoms with Crippen LogP contribution in [0.3, 0.4) is 0 Å². The van der Waals surface area contributed by atoms with Crippen LogP contribution in [0.15, 0.2) is 24.3 Å². The van der Waals surface area contributed by atoms with E-state index in [2.05, 4.69) is 0 Å². The molecule has 3 saturated heterocycles. The SMILES string of the molecule is COC(=O)[C@@H]1c2cc3c(c(O)c2[C@@H](OC2CC(N(C)C)C(OC4CC(O)C(OC5CCC(=O)C(C)O5)C(C)O4)C(C)O2)C[C@]1(O)C(C)C)C(=O)c1c(O)cccc1C3=O. The monoisotopic (exact) mass is 825 g/mol. The van der Waals surface area contributed by atoms with Gasteiger partial charge in [0.15, 0.2) is 30.4 Å². The number of aliphatic hydroxyl groups is 2. The van der Waals surface area contributed by atoms with Crippen LogP contribution in [0.1, 0.15) is 122 Å². The average molecular weight is 826 g/mol. The quantitative estimate of drug-likeness (QED) is 0.227. The lowest BCUT2D eigenvalue weighted by molar-refractivity contribution is -0.324. The fourth-order valence-electron chi connectivity index (χ4n) is 9.43. The summed E-state index contributed by atoms with van der Waals surface area (Å²) >= 11 is 0. The molecule has 10 unspecified atom stereocenters. The summed E-state index contributed by atoms with van der Waals surface area (Å²) in [5, 5.41) is 46.2. The average Bonchev–Trinajstić information content (AvgIpc) is 3.16. The Balaban J connectivity index is 1.15. The molecule has 2 aromatic carbocycles. The summed E-state index contributed by atoms with van der Waals surface area (Å²) in [6.07, 6.45) is -6.78. The third kappa shape index (κ3) is 7.72. The van der Waals surface area contributed by atoms with Crippen LogP contribution in [-0.4, -0.2) is 137 Å². The maximum Gasteiger partial charge on any atom is 0.316 e. The Bertz CT molecular complexity index is 1970. The molecule has 0 amide bonds. The molecule has 16 nitrogen and oxygen atoms in total. The standard InChI is InChI=1S/C43H55NO15/c1-18(2)43(52)17-29(34-23(36(43)42(51)53-8)14-24-35(39(34)50)38(49)33-22(37(24)48)10-9-11-27(33)46)57-31-15-25(44(6)7)40(20(4)55-31)59-32-16-28(47)41(21(5)56-32)58-30-13-12-26(45)19(3)54-30/h9-11,14,18-21,25,28-32,36,40-41,46-47,50,52H,12-13,15-17H2,1-8H3/t19?,20?,21?,25?,28?,29-,30?,31?,32?,36-,40?,41?,43-/m0/s1. The van der Waals surface area contributed by atoms with Crippen molar-refractivity contribution >= 4 is 23.3 Å². The molecule has 2 aromatic rings. The number of phenolic OH excluding ortho intramolecular Hbond substituents is 2. The van der Waals surface area contributed by atoms with Gasteiger partial charge in [-0.05, 0) is 58.5 Å². The summed E-state index contributed by atoms with van der Waals surface area (Å²) < 4.78 is 42.8. The van der Waals surface area contributed by atoms with Gasteiger partial charge in [-0.15, -0.1) is 0 Å². The maximum absolute atomic E-state index is 14.0. The molecule has 0 radical (unpaired) electrons. The van der Waals surface area contributed by atoms with Crippen molar-refractivity contribution in [2.24, 2.45) is 5.92 Å². The Kier molecular flexibility index (Phi) is 12.1. The van der Waals surface area contributed by atoms with E-state index in [1.165, 1.54) is 31.4 Å². The summed E-state index contributed by atoms with van der Waals surface area (Å²) in [5.41, 5.74) is -2.55. The lowest BCUT2D eigenvalue weighted by Crippen LogP contribution is -2.58. The zero-order valence-corrected chi connectivity index (χ0v) is 34.6. The lowest BCUT2D eigenvalue weighted by atomic mass is 9.64. The predicted octanol–water partition coefficient (Wildman–Crippen LogP) is 3.40. The van der Waals surface area contributed by atoms with Gasteiger partial charge in [-0.2, -0.15) is 0 Å². The van der Waals surface area contributed by atoms with Crippen LogP contribution in [-0.2, 0) is 42.7 Å². The van der Waals surface area contributed by atoms with Gasteiger partial charge in [0, 0.05) is 54.8 Å². The number of Topliss-reactive ketones (excluding diaryl/α,β-unsaturated/α-hetero) is 1. The molecule has 7 rings (SSSR count). The number of aromatic hydroxyl groups is 2. The number of hydrogen-bond acceptors (Lipinski definition) is 16. The Hall–Kier alpha value is -3.84. The van der Waals surface area contributed by atoms with Gasteiger partial charge in [0.05, 0.1) is 48.3 Å². The number of aliphatic hydroxyl groups excluding tert-OH is 1. The van der Waals surface area contributed by atoms with Crippen LogP contribution in [0.2, 0.25) is 0 Å². The van der Waals surface area contributed by atoms with Crippen LogP contribution in [0.25, 0.3) is 0 Å². The second-order valence-electron chi connectivity index (χ2n) is 17.0. The van der Waals surface area contributed by atoms with E-state index in [9.17, 15) is 39.6 Å². The van der Waals surface area contributed by atoms with Gasteiger partial charge in [-0.3, -0.25) is 19.2 Å². The highest BCUT2D eigenvalue weighted by molar-refractivity contribution is 6.30. The number of ether oxygens (including phenoxy) is 7. The molecule has 2 aliphatic carbocycles. The summed E-state index contributed by atoms with van der Waals surface area (Å²) in [7, 11) is 4.92. The van der Waals surface area contributed by atoms with Crippen LogP contribution in [0, 0.1) is 5.92 Å². The van der Waals surface area contributed by atoms with Gasteiger partial charge in [0.2, 0.25) is 5.78 Å². The number of nitrogens with zero attached hydrogens (tertiary/aromatic N) is 1. The van der Waals surface area contributed by atoms with E-state index in [-0.39, 0.29) is 64.5 Å². The molecule has 59 heavy (non-hydrogen) atoms. The highest BCUT2D eigenvalue weighted by atomic mass is 16.7. The van der Waals surface area contributed by atoms with E-state index in [0.717, 1.165) is 0 Å². The molecule has 0 aromatic heterocycles. The summed E-state index contributed by atoms with van der Waals surface area (Å²) in [4.78, 5) is 55.3. The first-order chi connectivity index (χ1) is 27.9. The van der Waals surface area contributed by atoms with E-state index in [0.29, 0.717) is 12.8 Å². The first-order valence-corrected chi connectivity index (χ1v) is 20.3. The first kappa shape index (κ1) is 43.3. The fourth-order valence-corrected chi connectivity index (χ4v) is 9.43. The maximum atomic E-state index is 14.0. The molecule has 4 N–H and O–H groups in total. The van der Waals surface area contributed by atoms with Gasteiger partial charge in [-0.1, -0.05) is 26.0 Å². The van der Waals surface area contributed by atoms with Crippen molar-refractivity contribution in [1.29, 1.82) is 0 Å². The molecule has 3 fully saturated rings. The molecule has 16 heteroatoms. The van der Waals surface area contributed by atoms with Crippen molar-refractivity contribution in [3.8, 4) is 11.5 Å². The third-order valence-corrected chi connectivity index (χ3v) is 12.8. The number of methoxy groups -OCH3 is 1. The highest BCUT2D eigenvalue weighted by Gasteiger charge is 2.55. The molecule has 5 aliphatic rings. The number of likely N-dealkylation sites (N-methyl/N-ethyl adjacent to an activating group) is 1. The number of fused-ring (bicyclic) bond motifs is 3. The Morgan fingerprint density at radius 2 is 1.54 bits per heavy atom. The van der Waals surface area contributed by atoms with Crippen molar-refractivity contribution in [1.82, 2.24) is 4.90 Å². The molecule has 3 aliphatic heterocycles. The molecule has 3 heterocycles. The van der Waals surface area contributed by atoms with Gasteiger partial charge in [-0.25, -0.2) is 0 Å². The number of carbonyl (C=O) groups is 4. The second-order valence-corrected chi connectivity index (χ2v) is 17.0. The van der Waals surface area contributed by atoms with Gasteiger partial charge >= 0.3 is 5.97 Å². The Morgan fingerprint density at radius 1 is 0.881 bits per heavy atom. The van der Waals surface area contributed by atoms with E-state index in [1.807, 2.05) is 25.9 Å². The van der Waals surface area contributed by atoms with Gasteiger partial charge in [0.1, 0.15) is 35.7 Å². The first-order valence-electron chi connectivity index (χ1n) is 20.3. The number of esters is 1. The molecule has 322 valence electrons. The molecule has 13 atom stereocenters. The summed E-state index contributed by atoms with van der Waals surface area (Å²) in [5.74, 6) is -5.18. The van der Waals surface area contributed by atoms with E-state index < -0.39 is 108 Å². The third-order valence-electron chi connectivity index (χ3n) is 12.8. The predicted molar refractivity (Wildman–Crippen MR) is 206 cm³/mol. The fraction of sp³-hybridized carbons (Fsp3) is 0.628. The largest absolute Gasteiger partial charge is 0.507 e. The number of hydrogen-bond donors (Lipinski definition) is 4. The highest BCUT2D eigenvalue weighted by Crippen LogP contribution is 2.55. The van der Waals surface area contributed by atoms with E-state index in [4.69, 9.17) is 33.2 Å². The second kappa shape index (κ2) is 16.6. The number of ketones is 3. The van der Waals surface area contributed by atoms with Gasteiger partial charge < -0.3 is 58.5 Å². The number of benzene rings is 2. The van der Waals surface area contributed by atoms with Crippen LogP contribution in [0.5, 0.6) is 11.5 Å². The summed E-state index contributed by atoms with van der Waals surface area (Å²) in [6.45, 7) is 8.73.